The van der Waals surface area contributed by atoms with Crippen LogP contribution in [0.4, 0.5) is 0 Å². The highest BCUT2D eigenvalue weighted by molar-refractivity contribution is 5.81. The molecule has 4 nitrogen and oxygen atoms in total. The van der Waals surface area contributed by atoms with Crippen molar-refractivity contribution in [1.29, 1.82) is 0 Å². The number of nitrogens with one attached hydrogen (secondary N) is 1. The molecule has 2 atom stereocenters. The van der Waals surface area contributed by atoms with E-state index in [1.54, 1.807) is 0 Å². The third-order valence-corrected chi connectivity index (χ3v) is 2.37. The van der Waals surface area contributed by atoms with E-state index in [1.165, 1.54) is 0 Å². The molecule has 1 amide bonds. The topological polar surface area (TPSA) is 58.4 Å². The lowest BCUT2D eigenvalue weighted by Crippen LogP contribution is -2.46. The molecule has 1 rings (SSSR count). The first-order valence-electron chi connectivity index (χ1n) is 4.88. The molecule has 1 aliphatic rings. The minimum absolute atomic E-state index is 0.0338. The van der Waals surface area contributed by atoms with Crippen molar-refractivity contribution < 1.29 is 4.79 Å². The average molecular weight is 185 g/mol. The Bertz CT molecular complexity index is 182. The predicted molar refractivity (Wildman–Crippen MR) is 52.3 cm³/mol. The van der Waals surface area contributed by atoms with Crippen molar-refractivity contribution in [3.05, 3.63) is 0 Å². The quantitative estimate of drug-likeness (QED) is 0.612. The van der Waals surface area contributed by atoms with Gasteiger partial charge in [-0.15, -0.1) is 0 Å². The maximum absolute atomic E-state index is 11.4. The molecule has 1 heterocycles. The van der Waals surface area contributed by atoms with E-state index in [-0.39, 0.29) is 18.0 Å². The third kappa shape index (κ3) is 2.97. The second-order valence-corrected chi connectivity index (χ2v) is 3.79. The maximum Gasteiger partial charge on any atom is 0.237 e. The van der Waals surface area contributed by atoms with Crippen LogP contribution < -0.4 is 11.1 Å². The van der Waals surface area contributed by atoms with Gasteiger partial charge in [-0.2, -0.15) is 0 Å². The van der Waals surface area contributed by atoms with Gasteiger partial charge >= 0.3 is 0 Å². The second kappa shape index (κ2) is 4.58. The Morgan fingerprint density at radius 3 is 3.08 bits per heavy atom. The zero-order valence-electron chi connectivity index (χ0n) is 8.42. The highest BCUT2D eigenvalue weighted by atomic mass is 16.2. The number of carbonyl (C=O) groups is 1. The highest BCUT2D eigenvalue weighted by Gasteiger charge is 2.23. The molecular formula is C9H19N3O. The van der Waals surface area contributed by atoms with Gasteiger partial charge in [-0.3, -0.25) is 9.69 Å². The molecule has 0 spiro atoms. The first-order valence-corrected chi connectivity index (χ1v) is 4.88. The number of amides is 1. The summed E-state index contributed by atoms with van der Waals surface area (Å²) in [4.78, 5) is 13.6. The van der Waals surface area contributed by atoms with Gasteiger partial charge in [0, 0.05) is 25.7 Å². The third-order valence-electron chi connectivity index (χ3n) is 2.37. The fourth-order valence-corrected chi connectivity index (χ4v) is 1.62. The van der Waals surface area contributed by atoms with Crippen LogP contribution in [0.1, 0.15) is 20.3 Å². The number of rotatable bonds is 2. The van der Waals surface area contributed by atoms with Gasteiger partial charge in [0.2, 0.25) is 5.91 Å². The van der Waals surface area contributed by atoms with Gasteiger partial charge < -0.3 is 11.1 Å². The summed E-state index contributed by atoms with van der Waals surface area (Å²) in [6, 6.07) is 0.0989. The van der Waals surface area contributed by atoms with Gasteiger partial charge in [-0.05, 0) is 20.3 Å². The van der Waals surface area contributed by atoms with Crippen LogP contribution >= 0.6 is 0 Å². The molecule has 2 unspecified atom stereocenters. The summed E-state index contributed by atoms with van der Waals surface area (Å²) < 4.78 is 0. The van der Waals surface area contributed by atoms with Crippen molar-refractivity contribution in [2.75, 3.05) is 19.6 Å². The van der Waals surface area contributed by atoms with Gasteiger partial charge in [0.05, 0.1) is 6.04 Å². The van der Waals surface area contributed by atoms with Crippen molar-refractivity contribution in [2.24, 2.45) is 5.73 Å². The van der Waals surface area contributed by atoms with Gasteiger partial charge in [0.25, 0.3) is 0 Å². The van der Waals surface area contributed by atoms with Crippen LogP contribution in [-0.2, 0) is 4.79 Å². The van der Waals surface area contributed by atoms with E-state index in [0.717, 1.165) is 26.1 Å². The van der Waals surface area contributed by atoms with Gasteiger partial charge in [0.15, 0.2) is 0 Å². The Balaban J connectivity index is 2.54. The molecule has 0 bridgehead atoms. The predicted octanol–water partition coefficient (Wildman–Crippen LogP) is -0.456. The monoisotopic (exact) mass is 185 g/mol. The minimum atomic E-state index is -0.0338. The van der Waals surface area contributed by atoms with Gasteiger partial charge in [-0.25, -0.2) is 0 Å². The lowest BCUT2D eigenvalue weighted by Gasteiger charge is -2.26. The Morgan fingerprint density at radius 1 is 1.77 bits per heavy atom. The van der Waals surface area contributed by atoms with Crippen molar-refractivity contribution in [3.63, 3.8) is 0 Å². The van der Waals surface area contributed by atoms with E-state index in [1.807, 2.05) is 13.8 Å². The first-order chi connectivity index (χ1) is 6.11. The smallest absolute Gasteiger partial charge is 0.237 e. The Morgan fingerprint density at radius 2 is 2.46 bits per heavy atom. The summed E-state index contributed by atoms with van der Waals surface area (Å²) in [7, 11) is 0. The molecule has 1 saturated heterocycles. The molecule has 1 aliphatic heterocycles. The Kier molecular flexibility index (Phi) is 3.69. The number of hydrogen-bond donors (Lipinski definition) is 2. The van der Waals surface area contributed by atoms with E-state index in [0.29, 0.717) is 0 Å². The first kappa shape index (κ1) is 10.5. The van der Waals surface area contributed by atoms with Crippen molar-refractivity contribution in [3.8, 4) is 0 Å². The van der Waals surface area contributed by atoms with Crippen LogP contribution in [0.5, 0.6) is 0 Å². The normalized spacial score (nSPS) is 27.9. The number of nitrogens with zero attached hydrogens (tertiary/aromatic N) is 1. The van der Waals surface area contributed by atoms with E-state index < -0.39 is 0 Å². The highest BCUT2D eigenvalue weighted by Crippen LogP contribution is 2.04. The fraction of sp³-hybridized carbons (Fsp3) is 0.889. The summed E-state index contributed by atoms with van der Waals surface area (Å²) >= 11 is 0. The molecular weight excluding hydrogens is 166 g/mol. The summed E-state index contributed by atoms with van der Waals surface area (Å²) in [6.07, 6.45) is 1.02. The second-order valence-electron chi connectivity index (χ2n) is 3.79. The van der Waals surface area contributed by atoms with Crippen LogP contribution in [-0.4, -0.2) is 42.5 Å². The van der Waals surface area contributed by atoms with Crippen LogP contribution in [0.2, 0.25) is 0 Å². The van der Waals surface area contributed by atoms with E-state index in [2.05, 4.69) is 10.2 Å². The van der Waals surface area contributed by atoms with Crippen LogP contribution in [0.25, 0.3) is 0 Å². The summed E-state index contributed by atoms with van der Waals surface area (Å²) in [5, 5.41) is 2.88. The van der Waals surface area contributed by atoms with Crippen LogP contribution in [0.15, 0.2) is 0 Å². The standard InChI is InChI=1S/C9H19N3O/c1-7(10)6-12-5-3-4-11-9(13)8(12)2/h7-8H,3-6,10H2,1-2H3,(H,11,13). The molecule has 0 aromatic heterocycles. The SMILES string of the molecule is CC(N)CN1CCCNC(=O)C1C. The molecule has 4 heteroatoms. The molecule has 0 aromatic rings. The molecule has 0 aliphatic carbocycles. The molecule has 76 valence electrons. The van der Waals surface area contributed by atoms with Gasteiger partial charge in [0.1, 0.15) is 0 Å². The lowest BCUT2D eigenvalue weighted by atomic mass is 10.2. The number of carbonyl (C=O) groups excluding carboxylic acids is 1. The zero-order valence-corrected chi connectivity index (χ0v) is 8.42. The van der Waals surface area contributed by atoms with E-state index in [9.17, 15) is 4.79 Å². The minimum Gasteiger partial charge on any atom is -0.355 e. The fourth-order valence-electron chi connectivity index (χ4n) is 1.62. The maximum atomic E-state index is 11.4. The molecule has 0 saturated carbocycles. The molecule has 13 heavy (non-hydrogen) atoms. The molecule has 1 fully saturated rings. The van der Waals surface area contributed by atoms with Crippen LogP contribution in [0.3, 0.4) is 0 Å². The van der Waals surface area contributed by atoms with Crippen molar-refractivity contribution in [2.45, 2.75) is 32.4 Å². The van der Waals surface area contributed by atoms with Crippen molar-refractivity contribution >= 4 is 5.91 Å². The van der Waals surface area contributed by atoms with E-state index >= 15 is 0 Å². The Labute approximate surface area is 79.5 Å². The molecule has 3 N–H and O–H groups in total. The van der Waals surface area contributed by atoms with Gasteiger partial charge in [-0.1, -0.05) is 0 Å². The average Bonchev–Trinajstić information content (AvgIpc) is 2.19. The lowest BCUT2D eigenvalue weighted by molar-refractivity contribution is -0.124. The summed E-state index contributed by atoms with van der Waals surface area (Å²) in [5.74, 6) is 0.123. The molecule has 0 radical (unpaired) electrons. The van der Waals surface area contributed by atoms with E-state index in [4.69, 9.17) is 5.73 Å². The Hall–Kier alpha value is -0.610. The van der Waals surface area contributed by atoms with Crippen LogP contribution in [0, 0.1) is 0 Å². The molecule has 0 aromatic carbocycles. The zero-order chi connectivity index (χ0) is 9.84. The summed E-state index contributed by atoms with van der Waals surface area (Å²) in [6.45, 7) is 6.45. The number of hydrogen-bond acceptors (Lipinski definition) is 3. The van der Waals surface area contributed by atoms with Crippen molar-refractivity contribution in [1.82, 2.24) is 10.2 Å². The summed E-state index contributed by atoms with van der Waals surface area (Å²) in [5.41, 5.74) is 5.71. The number of nitrogens with two attached hydrogens (primary N) is 1. The largest absolute Gasteiger partial charge is 0.355 e.